The molecule has 0 spiro atoms. The SMILES string of the molecule is COc1cccc(F)c1C(=O)CCN1CCCOC(C)C1. The lowest BCUT2D eigenvalue weighted by atomic mass is 10.1. The molecule has 0 saturated carbocycles. The van der Waals surface area contributed by atoms with Crippen molar-refractivity contribution in [1.82, 2.24) is 4.90 Å². The monoisotopic (exact) mass is 295 g/mol. The first-order valence-corrected chi connectivity index (χ1v) is 7.31. The number of carbonyl (C=O) groups excluding carboxylic acids is 1. The number of methoxy groups -OCH3 is 1. The van der Waals surface area contributed by atoms with E-state index in [1.54, 1.807) is 12.1 Å². The van der Waals surface area contributed by atoms with E-state index in [-0.39, 0.29) is 23.9 Å². The van der Waals surface area contributed by atoms with E-state index in [1.807, 2.05) is 6.92 Å². The van der Waals surface area contributed by atoms with E-state index < -0.39 is 5.82 Å². The molecule has 1 fully saturated rings. The fourth-order valence-corrected chi connectivity index (χ4v) is 2.61. The van der Waals surface area contributed by atoms with Crippen molar-refractivity contribution in [2.75, 3.05) is 33.4 Å². The number of hydrogen-bond acceptors (Lipinski definition) is 4. The number of rotatable bonds is 5. The van der Waals surface area contributed by atoms with Crippen molar-refractivity contribution in [3.63, 3.8) is 0 Å². The van der Waals surface area contributed by atoms with Crippen LogP contribution in [0.15, 0.2) is 18.2 Å². The average Bonchev–Trinajstić information content (AvgIpc) is 2.68. The minimum absolute atomic E-state index is 0.0547. The largest absolute Gasteiger partial charge is 0.496 e. The molecule has 116 valence electrons. The quantitative estimate of drug-likeness (QED) is 0.783. The Morgan fingerprint density at radius 1 is 1.52 bits per heavy atom. The molecule has 0 radical (unpaired) electrons. The molecule has 5 heteroatoms. The maximum atomic E-state index is 13.8. The highest BCUT2D eigenvalue weighted by Gasteiger charge is 2.20. The predicted octanol–water partition coefficient (Wildman–Crippen LogP) is 2.52. The van der Waals surface area contributed by atoms with Crippen LogP contribution in [0.25, 0.3) is 0 Å². The Balaban J connectivity index is 1.98. The molecular weight excluding hydrogens is 273 g/mol. The van der Waals surface area contributed by atoms with Gasteiger partial charge in [-0.3, -0.25) is 4.79 Å². The second-order valence-corrected chi connectivity index (χ2v) is 5.33. The summed E-state index contributed by atoms with van der Waals surface area (Å²) in [5, 5.41) is 0. The minimum Gasteiger partial charge on any atom is -0.496 e. The molecule has 1 aliphatic rings. The number of Topliss-reactive ketones (excluding diaryl/α,β-unsaturated/α-hetero) is 1. The van der Waals surface area contributed by atoms with Gasteiger partial charge in [0.15, 0.2) is 5.78 Å². The van der Waals surface area contributed by atoms with Crippen LogP contribution in [0.4, 0.5) is 4.39 Å². The molecule has 0 bridgehead atoms. The molecule has 1 saturated heterocycles. The van der Waals surface area contributed by atoms with Crippen LogP contribution in [-0.4, -0.2) is 50.1 Å². The number of halogens is 1. The zero-order valence-corrected chi connectivity index (χ0v) is 12.6. The summed E-state index contributed by atoms with van der Waals surface area (Å²) in [7, 11) is 1.44. The van der Waals surface area contributed by atoms with Crippen molar-refractivity contribution < 1.29 is 18.7 Å². The summed E-state index contributed by atoms with van der Waals surface area (Å²) < 4.78 is 24.5. The maximum absolute atomic E-state index is 13.8. The van der Waals surface area contributed by atoms with E-state index in [9.17, 15) is 9.18 Å². The molecule has 21 heavy (non-hydrogen) atoms. The number of benzene rings is 1. The number of carbonyl (C=O) groups is 1. The van der Waals surface area contributed by atoms with Crippen molar-refractivity contribution in [3.05, 3.63) is 29.6 Å². The van der Waals surface area contributed by atoms with Gasteiger partial charge in [-0.25, -0.2) is 4.39 Å². The van der Waals surface area contributed by atoms with Gasteiger partial charge in [-0.05, 0) is 25.5 Å². The zero-order chi connectivity index (χ0) is 15.2. The van der Waals surface area contributed by atoms with Crippen LogP contribution >= 0.6 is 0 Å². The van der Waals surface area contributed by atoms with Crippen molar-refractivity contribution in [1.29, 1.82) is 0 Å². The van der Waals surface area contributed by atoms with Gasteiger partial charge in [-0.1, -0.05) is 6.07 Å². The summed E-state index contributed by atoms with van der Waals surface area (Å²) >= 11 is 0. The second-order valence-electron chi connectivity index (χ2n) is 5.33. The van der Waals surface area contributed by atoms with E-state index in [0.717, 1.165) is 26.1 Å². The summed E-state index contributed by atoms with van der Waals surface area (Å²) in [5.74, 6) is -0.442. The summed E-state index contributed by atoms with van der Waals surface area (Å²) in [5.41, 5.74) is 0.0547. The molecular formula is C16H22FNO3. The van der Waals surface area contributed by atoms with Gasteiger partial charge in [0.2, 0.25) is 0 Å². The Kier molecular flexibility index (Phi) is 5.70. The zero-order valence-electron chi connectivity index (χ0n) is 12.6. The molecule has 0 amide bonds. The molecule has 0 aromatic heterocycles. The van der Waals surface area contributed by atoms with Crippen molar-refractivity contribution in [3.8, 4) is 5.75 Å². The summed E-state index contributed by atoms with van der Waals surface area (Å²) in [4.78, 5) is 14.5. The molecule has 1 heterocycles. The van der Waals surface area contributed by atoms with Gasteiger partial charge in [0.1, 0.15) is 11.6 Å². The molecule has 1 atom stereocenters. The van der Waals surface area contributed by atoms with Crippen LogP contribution in [0.2, 0.25) is 0 Å². The standard InChI is InChI=1S/C16H22FNO3/c1-12-11-18(8-4-10-21-12)9-7-14(19)16-13(17)5-3-6-15(16)20-2/h3,5-6,12H,4,7-11H2,1-2H3. The molecule has 0 aliphatic carbocycles. The van der Waals surface area contributed by atoms with Crippen molar-refractivity contribution in [2.24, 2.45) is 0 Å². The highest BCUT2D eigenvalue weighted by molar-refractivity contribution is 5.99. The van der Waals surface area contributed by atoms with Crippen LogP contribution in [0.3, 0.4) is 0 Å². The predicted molar refractivity (Wildman–Crippen MR) is 78.4 cm³/mol. The van der Waals surface area contributed by atoms with Crippen LogP contribution in [0.5, 0.6) is 5.75 Å². The van der Waals surface area contributed by atoms with Gasteiger partial charge in [-0.2, -0.15) is 0 Å². The Hall–Kier alpha value is -1.46. The number of ether oxygens (including phenoxy) is 2. The Bertz CT molecular complexity index is 492. The summed E-state index contributed by atoms with van der Waals surface area (Å²) in [6.07, 6.45) is 1.41. The van der Waals surface area contributed by atoms with Crippen LogP contribution < -0.4 is 4.74 Å². The molecule has 1 aromatic rings. The summed E-state index contributed by atoms with van der Waals surface area (Å²) in [6, 6.07) is 4.44. The highest BCUT2D eigenvalue weighted by Crippen LogP contribution is 2.23. The Labute approximate surface area is 124 Å². The van der Waals surface area contributed by atoms with Crippen molar-refractivity contribution >= 4 is 5.78 Å². The summed E-state index contributed by atoms with van der Waals surface area (Å²) in [6.45, 7) is 5.12. The first-order chi connectivity index (χ1) is 10.1. The highest BCUT2D eigenvalue weighted by atomic mass is 19.1. The number of nitrogens with zero attached hydrogens (tertiary/aromatic N) is 1. The molecule has 1 unspecified atom stereocenters. The first-order valence-electron chi connectivity index (χ1n) is 7.31. The van der Waals surface area contributed by atoms with E-state index in [0.29, 0.717) is 12.3 Å². The van der Waals surface area contributed by atoms with E-state index in [2.05, 4.69) is 4.90 Å². The molecule has 1 aliphatic heterocycles. The third kappa shape index (κ3) is 4.25. The fraction of sp³-hybridized carbons (Fsp3) is 0.562. The third-order valence-corrected chi connectivity index (χ3v) is 3.67. The fourth-order valence-electron chi connectivity index (χ4n) is 2.61. The van der Waals surface area contributed by atoms with Gasteiger partial charge in [0.05, 0.1) is 18.8 Å². The third-order valence-electron chi connectivity index (χ3n) is 3.67. The van der Waals surface area contributed by atoms with Crippen LogP contribution in [0, 0.1) is 5.82 Å². The minimum atomic E-state index is -0.521. The number of ketones is 1. The lowest BCUT2D eigenvalue weighted by Crippen LogP contribution is -2.32. The van der Waals surface area contributed by atoms with Crippen molar-refractivity contribution in [2.45, 2.75) is 25.9 Å². The maximum Gasteiger partial charge on any atom is 0.170 e. The lowest BCUT2D eigenvalue weighted by molar-refractivity contribution is 0.0667. The van der Waals surface area contributed by atoms with Gasteiger partial charge < -0.3 is 14.4 Å². The average molecular weight is 295 g/mol. The number of hydrogen-bond donors (Lipinski definition) is 0. The Morgan fingerprint density at radius 2 is 2.33 bits per heavy atom. The lowest BCUT2D eigenvalue weighted by Gasteiger charge is -2.21. The smallest absolute Gasteiger partial charge is 0.170 e. The Morgan fingerprint density at radius 3 is 3.10 bits per heavy atom. The van der Waals surface area contributed by atoms with Gasteiger partial charge in [0, 0.05) is 32.7 Å². The second kappa shape index (κ2) is 7.52. The molecule has 4 nitrogen and oxygen atoms in total. The molecule has 1 aromatic carbocycles. The molecule has 2 rings (SSSR count). The topological polar surface area (TPSA) is 38.8 Å². The van der Waals surface area contributed by atoms with E-state index in [4.69, 9.17) is 9.47 Å². The van der Waals surface area contributed by atoms with Crippen LogP contribution in [-0.2, 0) is 4.74 Å². The van der Waals surface area contributed by atoms with E-state index in [1.165, 1.54) is 13.2 Å². The van der Waals surface area contributed by atoms with Crippen LogP contribution in [0.1, 0.15) is 30.1 Å². The van der Waals surface area contributed by atoms with Gasteiger partial charge >= 0.3 is 0 Å². The van der Waals surface area contributed by atoms with Gasteiger partial charge in [0.25, 0.3) is 0 Å². The van der Waals surface area contributed by atoms with E-state index >= 15 is 0 Å². The van der Waals surface area contributed by atoms with Gasteiger partial charge in [-0.15, -0.1) is 0 Å². The first kappa shape index (κ1) is 15.9. The normalized spacial score (nSPS) is 20.0. The molecule has 0 N–H and O–H groups in total.